The maximum Gasteiger partial charge on any atom is 0.309 e. The summed E-state index contributed by atoms with van der Waals surface area (Å²) in [6, 6.07) is 9.08. The molecule has 2 N–H and O–H groups in total. The number of hydrogen-bond donors (Lipinski definition) is 2. The Morgan fingerprint density at radius 2 is 1.64 bits per heavy atom. The monoisotopic (exact) mass is 947 g/mol. The second-order valence-corrected chi connectivity index (χ2v) is 19.0. The Kier molecular flexibility index (Phi) is 21.9. The Balaban J connectivity index is 1.75. The molecule has 16 atom stereocenters. The van der Waals surface area contributed by atoms with Gasteiger partial charge >= 0.3 is 23.9 Å². The quantitative estimate of drug-likeness (QED) is 0.141. The highest BCUT2D eigenvalue weighted by Gasteiger charge is 2.56. The van der Waals surface area contributed by atoms with Crippen LogP contribution in [0, 0.1) is 17.8 Å². The van der Waals surface area contributed by atoms with Gasteiger partial charge in [0.1, 0.15) is 30.7 Å². The first kappa shape index (κ1) is 55.8. The van der Waals surface area contributed by atoms with E-state index < -0.39 is 115 Å². The number of aldehydes is 1. The molecule has 3 fully saturated rings. The second-order valence-electron chi connectivity index (χ2n) is 19.0. The molecule has 0 amide bonds. The number of methoxy groups -OCH3 is 1. The molecule has 3 aliphatic heterocycles. The van der Waals surface area contributed by atoms with Crippen molar-refractivity contribution >= 4 is 36.2 Å². The van der Waals surface area contributed by atoms with E-state index >= 15 is 0 Å². The van der Waals surface area contributed by atoms with Gasteiger partial charge in [-0.25, -0.2) is 0 Å². The lowest BCUT2D eigenvalue weighted by molar-refractivity contribution is -0.319. The second kappa shape index (κ2) is 26.2. The summed E-state index contributed by atoms with van der Waals surface area (Å²) < 4.78 is 49.5. The zero-order valence-electron chi connectivity index (χ0n) is 41.4. The normalized spacial score (nSPS) is 36.3. The van der Waals surface area contributed by atoms with Crippen LogP contribution in [-0.2, 0) is 61.9 Å². The number of cyclic esters (lactones) is 1. The summed E-state index contributed by atoms with van der Waals surface area (Å²) in [6.07, 6.45) is -5.29. The SMILES string of the molecule is CCC(=O)O[C@@H]1CC(=O)O[C@H](C)CCN(C/C=C/c2ccccc2)C[C@H](O)[C@H](C)C[C@H](CC=O)[C@H]([C@@H]2O[C@H](C)[C@@H](O[C@@H]3C[C@@](C)(OC(C)=O)[C@@H](OC(=O)CC)[C@H](C)O3)[C@H](N(C)C)[C@H]2O)[C@@H]1OC. The van der Waals surface area contributed by atoms with Crippen molar-refractivity contribution in [3.63, 3.8) is 0 Å². The lowest BCUT2D eigenvalue weighted by atomic mass is 9.71. The fourth-order valence-corrected chi connectivity index (χ4v) is 10.0. The van der Waals surface area contributed by atoms with Crippen LogP contribution >= 0.6 is 0 Å². The van der Waals surface area contributed by atoms with Crippen molar-refractivity contribution in [2.45, 2.75) is 179 Å². The van der Waals surface area contributed by atoms with Gasteiger partial charge in [0.15, 0.2) is 18.0 Å². The first-order valence-electron chi connectivity index (χ1n) is 23.9. The van der Waals surface area contributed by atoms with Crippen molar-refractivity contribution in [1.82, 2.24) is 9.80 Å². The van der Waals surface area contributed by atoms with E-state index in [4.69, 9.17) is 37.9 Å². The minimum atomic E-state index is -1.35. The van der Waals surface area contributed by atoms with Crippen LogP contribution in [0.25, 0.3) is 6.08 Å². The molecule has 3 aliphatic rings. The van der Waals surface area contributed by atoms with Crippen molar-refractivity contribution in [1.29, 1.82) is 0 Å². The van der Waals surface area contributed by atoms with E-state index in [-0.39, 0.29) is 51.0 Å². The molecule has 4 rings (SSSR count). The van der Waals surface area contributed by atoms with E-state index in [1.54, 1.807) is 60.5 Å². The summed E-state index contributed by atoms with van der Waals surface area (Å²) in [4.78, 5) is 68.5. The van der Waals surface area contributed by atoms with Crippen LogP contribution in [0.2, 0.25) is 0 Å². The van der Waals surface area contributed by atoms with E-state index in [1.807, 2.05) is 49.4 Å². The van der Waals surface area contributed by atoms with E-state index in [0.29, 0.717) is 19.5 Å². The lowest BCUT2D eigenvalue weighted by Gasteiger charge is -2.53. The topological polar surface area (TPSA) is 206 Å². The smallest absolute Gasteiger partial charge is 0.309 e. The number of aliphatic hydroxyl groups excluding tert-OH is 2. The Morgan fingerprint density at radius 3 is 2.25 bits per heavy atom. The number of carbonyl (C=O) groups is 5. The predicted octanol–water partition coefficient (Wildman–Crippen LogP) is 4.51. The minimum absolute atomic E-state index is 0.0000473. The number of benzene rings is 1. The molecule has 17 heteroatoms. The molecular formula is C50H78N2O15. The van der Waals surface area contributed by atoms with Crippen LogP contribution in [0.1, 0.15) is 106 Å². The zero-order valence-corrected chi connectivity index (χ0v) is 41.4. The third kappa shape index (κ3) is 15.6. The van der Waals surface area contributed by atoms with Crippen molar-refractivity contribution in [3.8, 4) is 0 Å². The number of esters is 4. The molecule has 0 spiro atoms. The van der Waals surface area contributed by atoms with Gasteiger partial charge in [-0.3, -0.25) is 24.1 Å². The molecular weight excluding hydrogens is 869 g/mol. The van der Waals surface area contributed by atoms with Gasteiger partial charge in [-0.05, 0) is 72.0 Å². The summed E-state index contributed by atoms with van der Waals surface area (Å²) in [7, 11) is 4.98. The molecule has 0 bridgehead atoms. The van der Waals surface area contributed by atoms with E-state index in [1.165, 1.54) is 14.0 Å². The molecule has 0 unspecified atom stereocenters. The number of rotatable bonds is 15. The van der Waals surface area contributed by atoms with Crippen LogP contribution in [0.4, 0.5) is 0 Å². The van der Waals surface area contributed by atoms with Crippen LogP contribution in [0.5, 0.6) is 0 Å². The fourth-order valence-electron chi connectivity index (χ4n) is 10.0. The van der Waals surface area contributed by atoms with Crippen LogP contribution in [-0.4, -0.2) is 170 Å². The Hall–Kier alpha value is -3.81. The Bertz CT molecular complexity index is 1770. The zero-order chi connectivity index (χ0) is 49.6. The number of aliphatic hydroxyl groups is 2. The number of hydrogen-bond acceptors (Lipinski definition) is 17. The maximum absolute atomic E-state index is 13.8. The van der Waals surface area contributed by atoms with Gasteiger partial charge in [-0.1, -0.05) is 63.3 Å². The molecule has 1 aromatic carbocycles. The van der Waals surface area contributed by atoms with Crippen LogP contribution < -0.4 is 0 Å². The molecule has 0 saturated carbocycles. The van der Waals surface area contributed by atoms with Gasteiger partial charge in [0, 0.05) is 65.3 Å². The van der Waals surface area contributed by atoms with Gasteiger partial charge in [-0.15, -0.1) is 0 Å². The van der Waals surface area contributed by atoms with Crippen molar-refractivity contribution in [2.75, 3.05) is 40.8 Å². The van der Waals surface area contributed by atoms with Gasteiger partial charge in [0.25, 0.3) is 0 Å². The van der Waals surface area contributed by atoms with Crippen LogP contribution in [0.3, 0.4) is 0 Å². The highest BCUT2D eigenvalue weighted by atomic mass is 16.7. The first-order chi connectivity index (χ1) is 31.7. The minimum Gasteiger partial charge on any atom is -0.463 e. The summed E-state index contributed by atoms with van der Waals surface area (Å²) in [5, 5.41) is 24.6. The van der Waals surface area contributed by atoms with Gasteiger partial charge in [-0.2, -0.15) is 0 Å². The molecule has 3 heterocycles. The fraction of sp³-hybridized carbons (Fsp3) is 0.740. The summed E-state index contributed by atoms with van der Waals surface area (Å²) >= 11 is 0. The number of nitrogens with zero attached hydrogens (tertiary/aromatic N) is 2. The average molecular weight is 947 g/mol. The third-order valence-electron chi connectivity index (χ3n) is 13.4. The predicted molar refractivity (Wildman–Crippen MR) is 247 cm³/mol. The molecule has 3 saturated heterocycles. The average Bonchev–Trinajstić information content (AvgIpc) is 3.26. The number of likely N-dealkylation sites (N-methyl/N-ethyl adjacent to an activating group) is 1. The Labute approximate surface area is 397 Å². The number of β-amino-alcohol motifs (C(OH)–C–C–N with tert-alkyl or cyclic N) is 1. The molecule has 0 aromatic heterocycles. The third-order valence-corrected chi connectivity index (χ3v) is 13.4. The molecule has 378 valence electrons. The molecule has 67 heavy (non-hydrogen) atoms. The molecule has 0 aliphatic carbocycles. The van der Waals surface area contributed by atoms with Crippen LogP contribution in [0.15, 0.2) is 36.4 Å². The van der Waals surface area contributed by atoms with Gasteiger partial charge < -0.3 is 57.8 Å². The highest BCUT2D eigenvalue weighted by Crippen LogP contribution is 2.43. The molecule has 0 radical (unpaired) electrons. The highest BCUT2D eigenvalue weighted by molar-refractivity contribution is 5.73. The summed E-state index contributed by atoms with van der Waals surface area (Å²) in [5.41, 5.74) is -0.295. The van der Waals surface area contributed by atoms with Crippen molar-refractivity contribution < 1.29 is 72.1 Å². The molecule has 1 aromatic rings. The largest absolute Gasteiger partial charge is 0.463 e. The summed E-state index contributed by atoms with van der Waals surface area (Å²) in [6.45, 7) is 14.7. The lowest BCUT2D eigenvalue weighted by Crippen LogP contribution is -2.67. The molecule has 17 nitrogen and oxygen atoms in total. The van der Waals surface area contributed by atoms with Crippen molar-refractivity contribution in [3.05, 3.63) is 42.0 Å². The van der Waals surface area contributed by atoms with Gasteiger partial charge in [0.05, 0.1) is 43.0 Å². The standard InChI is InChI=1S/C50H78N2O15/c1-12-39(56)64-38-27-41(58)61-31(4)21-24-52(23-17-20-35-18-15-14-16-19-35)29-37(55)30(3)26-36(22-25-53)43(47(38)60-11)48-45(59)44(51(9)10)46(32(5)63-48)66-42-28-50(8,67-34(7)54)49(33(6)62-42)65-40(57)13-2/h14-20,25,30-33,36-38,42-49,55,59H,12-13,21-24,26-29H2,1-11H3/b20-17+/t30-,31-,32-,33+,36+,37+,38-,42-,43+,44-,45-,46-,47-,48+,49+,50-/m1/s1. The first-order valence-corrected chi connectivity index (χ1v) is 23.9. The Morgan fingerprint density at radius 1 is 0.970 bits per heavy atom. The summed E-state index contributed by atoms with van der Waals surface area (Å²) in [5.74, 6) is -4.22. The van der Waals surface area contributed by atoms with E-state index in [2.05, 4.69) is 4.90 Å². The number of carbonyl (C=O) groups excluding carboxylic acids is 5. The number of ether oxygens (including phenoxy) is 8. The van der Waals surface area contributed by atoms with Crippen molar-refractivity contribution in [2.24, 2.45) is 17.8 Å². The van der Waals surface area contributed by atoms with E-state index in [0.717, 1.165) is 11.8 Å². The van der Waals surface area contributed by atoms with Gasteiger partial charge in [0.2, 0.25) is 0 Å². The van der Waals surface area contributed by atoms with E-state index in [9.17, 15) is 34.2 Å². The maximum atomic E-state index is 13.8.